The largest absolute Gasteiger partial charge is 0.481 e. The van der Waals surface area contributed by atoms with Gasteiger partial charge in [-0.2, -0.15) is 0 Å². The maximum atomic E-state index is 10.4. The van der Waals surface area contributed by atoms with Crippen molar-refractivity contribution < 1.29 is 9.90 Å². The van der Waals surface area contributed by atoms with Gasteiger partial charge in [0.15, 0.2) is 0 Å². The van der Waals surface area contributed by atoms with Crippen molar-refractivity contribution in [1.82, 2.24) is 14.9 Å². The minimum Gasteiger partial charge on any atom is -0.481 e. The lowest BCUT2D eigenvalue weighted by molar-refractivity contribution is -0.136. The molecule has 1 aromatic rings. The summed E-state index contributed by atoms with van der Waals surface area (Å²) >= 11 is 0. The van der Waals surface area contributed by atoms with E-state index in [1.165, 1.54) is 6.33 Å². The fourth-order valence-corrected chi connectivity index (χ4v) is 1.93. The Kier molecular flexibility index (Phi) is 3.53. The van der Waals surface area contributed by atoms with Crippen LogP contribution in [0.25, 0.3) is 0 Å². The predicted octanol–water partition coefficient (Wildman–Crippen LogP) is 0.351. The molecule has 0 atom stereocenters. The number of aliphatic carboxylic acids is 1. The molecule has 0 unspecified atom stereocenters. The summed E-state index contributed by atoms with van der Waals surface area (Å²) in [6.07, 6.45) is 2.53. The second kappa shape index (κ2) is 5.09. The Bertz CT molecular complexity index is 422. The van der Waals surface area contributed by atoms with Crippen LogP contribution in [-0.4, -0.2) is 46.1 Å². The molecule has 1 aliphatic heterocycles. The highest BCUT2D eigenvalue weighted by Gasteiger charge is 2.18. The smallest absolute Gasteiger partial charge is 0.305 e. The molecule has 0 aliphatic carbocycles. The first kappa shape index (κ1) is 11.8. The van der Waals surface area contributed by atoms with Crippen LogP contribution in [0.2, 0.25) is 0 Å². The fraction of sp³-hybridized carbons (Fsp3) is 0.545. The first-order chi connectivity index (χ1) is 8.16. The molecule has 2 N–H and O–H groups in total. The number of hydrogen-bond donors (Lipinski definition) is 2. The third-order valence-corrected chi connectivity index (χ3v) is 2.83. The van der Waals surface area contributed by atoms with Crippen LogP contribution >= 0.6 is 0 Å². The maximum Gasteiger partial charge on any atom is 0.305 e. The molecule has 2 heterocycles. The molecule has 1 aromatic heterocycles. The van der Waals surface area contributed by atoms with E-state index in [1.807, 2.05) is 0 Å². The molecule has 0 saturated carbocycles. The van der Waals surface area contributed by atoms with Gasteiger partial charge in [-0.15, -0.1) is 0 Å². The van der Waals surface area contributed by atoms with Crippen LogP contribution in [-0.2, 0) is 17.8 Å². The normalized spacial score (nSPS) is 15.4. The topological polar surface area (TPSA) is 78.4 Å². The molecule has 6 heteroatoms. The average Bonchev–Trinajstić information content (AvgIpc) is 2.28. The van der Waals surface area contributed by atoms with Crippen molar-refractivity contribution in [3.05, 3.63) is 17.6 Å². The number of nitrogens with one attached hydrogen (secondary N) is 1. The second-order valence-corrected chi connectivity index (χ2v) is 4.21. The van der Waals surface area contributed by atoms with Crippen LogP contribution in [0.5, 0.6) is 0 Å². The van der Waals surface area contributed by atoms with E-state index in [-0.39, 0.29) is 6.42 Å². The van der Waals surface area contributed by atoms with Crippen LogP contribution in [0.15, 0.2) is 6.33 Å². The van der Waals surface area contributed by atoms with Gasteiger partial charge in [0.1, 0.15) is 12.1 Å². The number of hydrogen-bond acceptors (Lipinski definition) is 5. The zero-order valence-corrected chi connectivity index (χ0v) is 9.81. The van der Waals surface area contributed by atoms with Gasteiger partial charge < -0.3 is 15.3 Å². The number of anilines is 1. The Morgan fingerprint density at radius 1 is 1.59 bits per heavy atom. The molecule has 0 bridgehead atoms. The zero-order valence-electron chi connectivity index (χ0n) is 9.81. The number of carboxylic acids is 1. The van der Waals surface area contributed by atoms with Crippen LogP contribution in [0, 0.1) is 0 Å². The summed E-state index contributed by atoms with van der Waals surface area (Å²) in [6.45, 7) is 2.20. The minimum absolute atomic E-state index is 0.0959. The molecule has 17 heavy (non-hydrogen) atoms. The van der Waals surface area contributed by atoms with Crippen LogP contribution in [0.3, 0.4) is 0 Å². The van der Waals surface area contributed by atoms with E-state index in [9.17, 15) is 4.79 Å². The van der Waals surface area contributed by atoms with E-state index < -0.39 is 5.97 Å². The van der Waals surface area contributed by atoms with Gasteiger partial charge in [0.25, 0.3) is 0 Å². The summed E-state index contributed by atoms with van der Waals surface area (Å²) in [5.41, 5.74) is 2.16. The van der Waals surface area contributed by atoms with Gasteiger partial charge in [-0.1, -0.05) is 0 Å². The van der Waals surface area contributed by atoms with E-state index >= 15 is 0 Å². The molecule has 0 fully saturated rings. The van der Waals surface area contributed by atoms with Crippen LogP contribution in [0.4, 0.5) is 5.82 Å². The third-order valence-electron chi connectivity index (χ3n) is 2.83. The van der Waals surface area contributed by atoms with Crippen molar-refractivity contribution in [2.24, 2.45) is 0 Å². The summed E-state index contributed by atoms with van der Waals surface area (Å²) in [5.74, 6) is -0.0236. The number of rotatable bonds is 4. The van der Waals surface area contributed by atoms with E-state index in [0.29, 0.717) is 6.54 Å². The van der Waals surface area contributed by atoms with E-state index in [4.69, 9.17) is 5.11 Å². The van der Waals surface area contributed by atoms with Crippen molar-refractivity contribution in [1.29, 1.82) is 0 Å². The van der Waals surface area contributed by atoms with Gasteiger partial charge in [-0.3, -0.25) is 4.79 Å². The number of nitrogens with zero attached hydrogens (tertiary/aromatic N) is 3. The van der Waals surface area contributed by atoms with Gasteiger partial charge in [-0.05, 0) is 13.5 Å². The summed E-state index contributed by atoms with van der Waals surface area (Å²) in [7, 11) is 2.06. The summed E-state index contributed by atoms with van der Waals surface area (Å²) < 4.78 is 0. The summed E-state index contributed by atoms with van der Waals surface area (Å²) in [6, 6.07) is 0. The molecule has 6 nitrogen and oxygen atoms in total. The zero-order chi connectivity index (χ0) is 12.3. The number of aromatic nitrogens is 2. The first-order valence-electron chi connectivity index (χ1n) is 5.64. The first-order valence-corrected chi connectivity index (χ1v) is 5.64. The highest BCUT2D eigenvalue weighted by molar-refractivity contribution is 5.67. The van der Waals surface area contributed by atoms with Crippen molar-refractivity contribution in [2.45, 2.75) is 19.4 Å². The van der Waals surface area contributed by atoms with Gasteiger partial charge in [-0.25, -0.2) is 9.97 Å². The maximum absolute atomic E-state index is 10.4. The number of carbonyl (C=O) groups is 1. The lowest BCUT2D eigenvalue weighted by Crippen LogP contribution is -2.28. The van der Waals surface area contributed by atoms with E-state index in [2.05, 4.69) is 27.2 Å². The Labute approximate surface area is 99.7 Å². The van der Waals surface area contributed by atoms with Crippen LogP contribution in [0.1, 0.15) is 17.7 Å². The molecule has 2 rings (SSSR count). The Hall–Kier alpha value is -1.69. The molecular formula is C11H16N4O2. The van der Waals surface area contributed by atoms with Crippen molar-refractivity contribution in [3.8, 4) is 0 Å². The highest BCUT2D eigenvalue weighted by Crippen LogP contribution is 2.21. The lowest BCUT2D eigenvalue weighted by Gasteiger charge is -2.25. The molecular weight excluding hydrogens is 220 g/mol. The quantitative estimate of drug-likeness (QED) is 0.785. The molecule has 0 spiro atoms. The summed E-state index contributed by atoms with van der Waals surface area (Å²) in [5, 5.41) is 11.7. The molecule has 0 radical (unpaired) electrons. The molecule has 0 aromatic carbocycles. The fourth-order valence-electron chi connectivity index (χ4n) is 1.93. The molecule has 0 amide bonds. The SMILES string of the molecule is CN1CCc2c(ncnc2NCCC(=O)O)C1. The Balaban J connectivity index is 2.07. The number of likely N-dealkylation sites (N-methyl/N-ethyl adjacent to an activating group) is 1. The van der Waals surface area contributed by atoms with Crippen molar-refractivity contribution in [3.63, 3.8) is 0 Å². The standard InChI is InChI=1S/C11H16N4O2/c1-15-5-3-8-9(6-15)13-7-14-11(8)12-4-2-10(16)17/h7H,2-6H2,1H3,(H,16,17)(H,12,13,14). The lowest BCUT2D eigenvalue weighted by atomic mass is 10.1. The number of carboxylic acid groups (broad SMARTS) is 1. The monoisotopic (exact) mass is 236 g/mol. The van der Waals surface area contributed by atoms with Crippen LogP contribution < -0.4 is 5.32 Å². The highest BCUT2D eigenvalue weighted by atomic mass is 16.4. The predicted molar refractivity (Wildman–Crippen MR) is 62.8 cm³/mol. The van der Waals surface area contributed by atoms with Crippen molar-refractivity contribution in [2.75, 3.05) is 25.5 Å². The molecule has 92 valence electrons. The van der Waals surface area contributed by atoms with Crippen molar-refractivity contribution >= 4 is 11.8 Å². The summed E-state index contributed by atoms with van der Waals surface area (Å²) in [4.78, 5) is 21.1. The average molecular weight is 236 g/mol. The van der Waals surface area contributed by atoms with Gasteiger partial charge in [0, 0.05) is 25.2 Å². The Morgan fingerprint density at radius 3 is 3.18 bits per heavy atom. The van der Waals surface area contributed by atoms with E-state index in [0.717, 1.165) is 36.6 Å². The minimum atomic E-state index is -0.805. The van der Waals surface area contributed by atoms with Gasteiger partial charge in [0.05, 0.1) is 12.1 Å². The second-order valence-electron chi connectivity index (χ2n) is 4.21. The molecule has 0 saturated heterocycles. The van der Waals surface area contributed by atoms with E-state index in [1.54, 1.807) is 0 Å². The van der Waals surface area contributed by atoms with Gasteiger partial charge in [0.2, 0.25) is 0 Å². The Morgan fingerprint density at radius 2 is 2.41 bits per heavy atom. The molecule has 1 aliphatic rings. The number of fused-ring (bicyclic) bond motifs is 1. The third kappa shape index (κ3) is 2.91. The van der Waals surface area contributed by atoms with Gasteiger partial charge >= 0.3 is 5.97 Å².